The van der Waals surface area contributed by atoms with Gasteiger partial charge < -0.3 is 10.4 Å². The van der Waals surface area contributed by atoms with Gasteiger partial charge in [-0.2, -0.15) is 0 Å². The van der Waals surface area contributed by atoms with E-state index in [2.05, 4.69) is 12.2 Å². The molecule has 0 radical (unpaired) electrons. The van der Waals surface area contributed by atoms with Crippen molar-refractivity contribution in [3.63, 3.8) is 0 Å². The number of aliphatic hydroxyl groups excluding tert-OH is 1. The van der Waals surface area contributed by atoms with Crippen molar-refractivity contribution in [2.45, 2.75) is 51.1 Å². The number of aliphatic hydroxyl groups is 1. The molecule has 2 unspecified atom stereocenters. The molecule has 0 amide bonds. The van der Waals surface area contributed by atoms with Crippen molar-refractivity contribution in [1.29, 1.82) is 0 Å². The smallest absolute Gasteiger partial charge is 0.0584 e. The van der Waals surface area contributed by atoms with E-state index in [4.69, 9.17) is 5.11 Å². The first-order valence-electron chi connectivity index (χ1n) is 4.73. The first-order valence-corrected chi connectivity index (χ1v) is 4.73. The summed E-state index contributed by atoms with van der Waals surface area (Å²) in [6.45, 7) is 2.52. The lowest BCUT2D eigenvalue weighted by Gasteiger charge is -2.29. The molecule has 0 aromatic carbocycles. The van der Waals surface area contributed by atoms with Crippen LogP contribution in [0, 0.1) is 0 Å². The molecule has 1 fully saturated rings. The zero-order chi connectivity index (χ0) is 8.10. The van der Waals surface area contributed by atoms with E-state index in [1.54, 1.807) is 0 Å². The van der Waals surface area contributed by atoms with E-state index in [0.29, 0.717) is 18.7 Å². The van der Waals surface area contributed by atoms with Crippen LogP contribution in [0.5, 0.6) is 0 Å². The Bertz CT molecular complexity index is 104. The largest absolute Gasteiger partial charge is 0.395 e. The van der Waals surface area contributed by atoms with Gasteiger partial charge in [-0.05, 0) is 19.3 Å². The van der Waals surface area contributed by atoms with Gasteiger partial charge in [0.2, 0.25) is 0 Å². The number of rotatable bonds is 3. The lowest BCUT2D eigenvalue weighted by Crippen LogP contribution is -2.44. The number of hydrogen-bond donors (Lipinski definition) is 2. The minimum absolute atomic E-state index is 0.306. The van der Waals surface area contributed by atoms with E-state index in [-0.39, 0.29) is 0 Å². The molecule has 1 aliphatic rings. The predicted molar refractivity (Wildman–Crippen MR) is 46.6 cm³/mol. The van der Waals surface area contributed by atoms with E-state index in [1.807, 2.05) is 0 Å². The van der Waals surface area contributed by atoms with Crippen molar-refractivity contribution >= 4 is 0 Å². The Morgan fingerprint density at radius 1 is 1.36 bits per heavy atom. The molecule has 2 heteroatoms. The third kappa shape index (κ3) is 2.80. The average Bonchev–Trinajstić information content (AvgIpc) is 2.06. The summed E-state index contributed by atoms with van der Waals surface area (Å²) >= 11 is 0. The molecule has 0 aromatic rings. The molecule has 2 atom stereocenters. The highest BCUT2D eigenvalue weighted by Crippen LogP contribution is 2.15. The van der Waals surface area contributed by atoms with E-state index in [1.165, 1.54) is 25.7 Å². The van der Waals surface area contributed by atoms with Gasteiger partial charge in [0.25, 0.3) is 0 Å². The van der Waals surface area contributed by atoms with Gasteiger partial charge in [-0.15, -0.1) is 0 Å². The molecule has 1 aliphatic heterocycles. The van der Waals surface area contributed by atoms with Crippen molar-refractivity contribution in [2.24, 2.45) is 0 Å². The second kappa shape index (κ2) is 4.73. The molecule has 66 valence electrons. The summed E-state index contributed by atoms with van der Waals surface area (Å²) in [5.41, 5.74) is 0. The Morgan fingerprint density at radius 3 is 2.73 bits per heavy atom. The lowest BCUT2D eigenvalue weighted by atomic mass is 9.96. The van der Waals surface area contributed by atoms with Gasteiger partial charge in [-0.1, -0.05) is 19.8 Å². The lowest BCUT2D eigenvalue weighted by molar-refractivity contribution is 0.194. The van der Waals surface area contributed by atoms with Crippen LogP contribution >= 0.6 is 0 Å². The molecule has 1 rings (SSSR count). The molecule has 0 aliphatic carbocycles. The van der Waals surface area contributed by atoms with Crippen LogP contribution in [0.3, 0.4) is 0 Å². The zero-order valence-corrected chi connectivity index (χ0v) is 7.34. The summed E-state index contributed by atoms with van der Waals surface area (Å²) in [7, 11) is 0. The minimum atomic E-state index is 0.306. The average molecular weight is 157 g/mol. The van der Waals surface area contributed by atoms with Crippen LogP contribution in [0.15, 0.2) is 0 Å². The van der Waals surface area contributed by atoms with Crippen LogP contribution < -0.4 is 5.32 Å². The van der Waals surface area contributed by atoms with Gasteiger partial charge in [0, 0.05) is 12.1 Å². The van der Waals surface area contributed by atoms with Crippen LogP contribution in [0.1, 0.15) is 39.0 Å². The van der Waals surface area contributed by atoms with E-state index in [0.717, 1.165) is 6.42 Å². The maximum atomic E-state index is 8.91. The van der Waals surface area contributed by atoms with Crippen LogP contribution in [0.2, 0.25) is 0 Å². The fraction of sp³-hybridized carbons (Fsp3) is 1.00. The highest BCUT2D eigenvalue weighted by molar-refractivity contribution is 4.79. The summed E-state index contributed by atoms with van der Waals surface area (Å²) in [4.78, 5) is 0. The first kappa shape index (κ1) is 9.01. The number of nitrogens with one attached hydrogen (secondary N) is 1. The molecule has 0 bridgehead atoms. The van der Waals surface area contributed by atoms with Crippen molar-refractivity contribution < 1.29 is 5.11 Å². The maximum Gasteiger partial charge on any atom is 0.0584 e. The Kier molecular flexibility index (Phi) is 3.87. The van der Waals surface area contributed by atoms with E-state index in [9.17, 15) is 0 Å². The number of piperidine rings is 1. The molecule has 1 saturated heterocycles. The topological polar surface area (TPSA) is 32.3 Å². The summed E-state index contributed by atoms with van der Waals surface area (Å²) in [6.07, 6.45) is 6.23. The van der Waals surface area contributed by atoms with Crippen molar-refractivity contribution in [3.8, 4) is 0 Å². The molecule has 11 heavy (non-hydrogen) atoms. The zero-order valence-electron chi connectivity index (χ0n) is 7.34. The summed E-state index contributed by atoms with van der Waals surface area (Å²) in [5, 5.41) is 12.4. The molecule has 0 saturated carbocycles. The maximum absolute atomic E-state index is 8.91. The van der Waals surface area contributed by atoms with E-state index >= 15 is 0 Å². The van der Waals surface area contributed by atoms with Gasteiger partial charge in [0.15, 0.2) is 0 Å². The van der Waals surface area contributed by atoms with E-state index < -0.39 is 0 Å². The third-order valence-electron chi connectivity index (χ3n) is 2.43. The highest BCUT2D eigenvalue weighted by atomic mass is 16.3. The minimum Gasteiger partial charge on any atom is -0.395 e. The summed E-state index contributed by atoms with van der Waals surface area (Å²) in [5.74, 6) is 0. The fourth-order valence-corrected chi connectivity index (χ4v) is 1.83. The van der Waals surface area contributed by atoms with Crippen LogP contribution in [0.4, 0.5) is 0 Å². The Balaban J connectivity index is 2.21. The fourth-order valence-electron chi connectivity index (χ4n) is 1.83. The second-order valence-electron chi connectivity index (χ2n) is 3.46. The summed E-state index contributed by atoms with van der Waals surface area (Å²) < 4.78 is 0. The normalized spacial score (nSPS) is 32.2. The van der Waals surface area contributed by atoms with Crippen LogP contribution in [-0.4, -0.2) is 23.8 Å². The van der Waals surface area contributed by atoms with Gasteiger partial charge in [-0.25, -0.2) is 0 Å². The quantitative estimate of drug-likeness (QED) is 0.647. The van der Waals surface area contributed by atoms with Crippen LogP contribution in [0.25, 0.3) is 0 Å². The van der Waals surface area contributed by atoms with Gasteiger partial charge >= 0.3 is 0 Å². The Labute approximate surface area is 69.0 Å². The second-order valence-corrected chi connectivity index (χ2v) is 3.46. The monoisotopic (exact) mass is 157 g/mol. The van der Waals surface area contributed by atoms with Crippen LogP contribution in [-0.2, 0) is 0 Å². The molecular formula is C9H19NO. The highest BCUT2D eigenvalue weighted by Gasteiger charge is 2.18. The molecular weight excluding hydrogens is 138 g/mol. The van der Waals surface area contributed by atoms with Crippen molar-refractivity contribution in [3.05, 3.63) is 0 Å². The van der Waals surface area contributed by atoms with Gasteiger partial charge in [0.1, 0.15) is 0 Å². The first-order chi connectivity index (χ1) is 5.36. The predicted octanol–water partition coefficient (Wildman–Crippen LogP) is 1.29. The molecule has 2 nitrogen and oxygen atoms in total. The molecule has 2 N–H and O–H groups in total. The third-order valence-corrected chi connectivity index (χ3v) is 2.43. The Hall–Kier alpha value is -0.0800. The number of hydrogen-bond acceptors (Lipinski definition) is 2. The molecule has 0 aromatic heterocycles. The van der Waals surface area contributed by atoms with Gasteiger partial charge in [-0.3, -0.25) is 0 Å². The van der Waals surface area contributed by atoms with Crippen molar-refractivity contribution in [1.82, 2.24) is 5.32 Å². The Morgan fingerprint density at radius 2 is 2.09 bits per heavy atom. The standard InChI is InChI=1S/C9H19NO/c1-2-4-8-5-3-6-9(7-11)10-8/h8-11H,2-7H2,1H3. The SMILES string of the molecule is CCCC1CCCC(CO)N1. The molecule has 0 spiro atoms. The summed E-state index contributed by atoms with van der Waals surface area (Å²) in [6, 6.07) is 1.05. The van der Waals surface area contributed by atoms with Crippen molar-refractivity contribution in [2.75, 3.05) is 6.61 Å². The van der Waals surface area contributed by atoms with Gasteiger partial charge in [0.05, 0.1) is 6.61 Å². The molecule has 1 heterocycles.